The first-order chi connectivity index (χ1) is 15.9. The van der Waals surface area contributed by atoms with E-state index in [9.17, 15) is 14.4 Å². The van der Waals surface area contributed by atoms with E-state index in [2.05, 4.69) is 5.32 Å². The van der Waals surface area contributed by atoms with Crippen molar-refractivity contribution >= 4 is 17.7 Å². The van der Waals surface area contributed by atoms with Gasteiger partial charge < -0.3 is 20.5 Å². The van der Waals surface area contributed by atoms with Gasteiger partial charge in [-0.2, -0.15) is 0 Å². The molecule has 1 aromatic rings. The van der Waals surface area contributed by atoms with Crippen LogP contribution in [-0.2, 0) is 30.3 Å². The standard InChI is InChI=1S/C27H38N2O5/c1-24(2,3)34-23(32)27(21(30)20(29-4)12-17-9-7-6-8-10-17)25(22(31)33-5)13-18-11-19(14-25)16-26(27,28)15-18/h6-10,18-20,29H,11-16,28H2,1-5H3/t18?,19?,20-,25?,26?,27?/m0/s1. The highest BCUT2D eigenvalue weighted by Gasteiger charge is 2.81. The van der Waals surface area contributed by atoms with E-state index in [4.69, 9.17) is 15.2 Å². The second-order valence-electron chi connectivity index (χ2n) is 11.7. The van der Waals surface area contributed by atoms with E-state index in [0.717, 1.165) is 12.0 Å². The zero-order chi connectivity index (χ0) is 24.9. The number of carbonyl (C=O) groups excluding carboxylic acids is 3. The van der Waals surface area contributed by atoms with Gasteiger partial charge >= 0.3 is 11.9 Å². The van der Waals surface area contributed by atoms with E-state index in [0.29, 0.717) is 32.1 Å². The number of methoxy groups -OCH3 is 1. The van der Waals surface area contributed by atoms with Crippen molar-refractivity contribution in [3.63, 3.8) is 0 Å². The Balaban J connectivity index is 1.91. The lowest BCUT2D eigenvalue weighted by Gasteiger charge is -2.68. The first-order valence-corrected chi connectivity index (χ1v) is 12.3. The molecule has 0 heterocycles. The van der Waals surface area contributed by atoms with Crippen molar-refractivity contribution in [1.29, 1.82) is 0 Å². The fourth-order valence-corrected chi connectivity index (χ4v) is 7.51. The van der Waals surface area contributed by atoms with Gasteiger partial charge in [0.05, 0.1) is 18.6 Å². The molecule has 4 aliphatic carbocycles. The second-order valence-corrected chi connectivity index (χ2v) is 11.7. The summed E-state index contributed by atoms with van der Waals surface area (Å²) in [5.74, 6) is -1.21. The van der Waals surface area contributed by atoms with Crippen LogP contribution in [0.15, 0.2) is 30.3 Å². The molecule has 1 aromatic carbocycles. The summed E-state index contributed by atoms with van der Waals surface area (Å²) in [5, 5.41) is 3.13. The van der Waals surface area contributed by atoms with Gasteiger partial charge in [-0.15, -0.1) is 0 Å². The molecule has 0 aliphatic heterocycles. The number of ketones is 1. The van der Waals surface area contributed by atoms with Crippen molar-refractivity contribution in [3.05, 3.63) is 35.9 Å². The predicted molar refractivity (Wildman–Crippen MR) is 128 cm³/mol. The number of likely N-dealkylation sites (N-methyl/N-ethyl adjacent to an activating group) is 1. The van der Waals surface area contributed by atoms with E-state index in [1.54, 1.807) is 27.8 Å². The number of nitrogens with two attached hydrogens (primary N) is 1. The summed E-state index contributed by atoms with van der Waals surface area (Å²) in [7, 11) is 3.03. The van der Waals surface area contributed by atoms with Crippen LogP contribution in [0.5, 0.6) is 0 Å². The molecule has 7 nitrogen and oxygen atoms in total. The van der Waals surface area contributed by atoms with Crippen LogP contribution in [0.4, 0.5) is 0 Å². The number of benzene rings is 1. The lowest BCUT2D eigenvalue weighted by Crippen LogP contribution is -2.81. The largest absolute Gasteiger partial charge is 0.469 e. The quantitative estimate of drug-likeness (QED) is 0.466. The highest BCUT2D eigenvalue weighted by molar-refractivity contribution is 6.13. The van der Waals surface area contributed by atoms with Crippen LogP contribution in [0.3, 0.4) is 0 Å². The minimum Gasteiger partial charge on any atom is -0.469 e. The fraction of sp³-hybridized carbons (Fsp3) is 0.667. The smallest absolute Gasteiger partial charge is 0.323 e. The Morgan fingerprint density at radius 2 is 1.65 bits per heavy atom. The SMILES string of the molecule is CN[C@@H](Cc1ccccc1)C(=O)C1(C(=O)OC(C)(C)C)C2(N)CC3CC(C2)CC1(C(=O)OC)C3. The molecule has 3 N–H and O–H groups in total. The van der Waals surface area contributed by atoms with Crippen molar-refractivity contribution in [1.82, 2.24) is 5.32 Å². The highest BCUT2D eigenvalue weighted by atomic mass is 16.6. The maximum atomic E-state index is 14.7. The average molecular weight is 471 g/mol. The molecule has 0 saturated heterocycles. The summed E-state index contributed by atoms with van der Waals surface area (Å²) >= 11 is 0. The molecular formula is C27H38N2O5. The fourth-order valence-electron chi connectivity index (χ4n) is 7.51. The first-order valence-electron chi connectivity index (χ1n) is 12.3. The Kier molecular flexibility index (Phi) is 6.18. The minimum absolute atomic E-state index is 0.183. The second kappa shape index (κ2) is 8.45. The molecule has 5 rings (SSSR count). The highest BCUT2D eigenvalue weighted by Crippen LogP contribution is 2.70. The lowest BCUT2D eigenvalue weighted by molar-refractivity contribution is -0.229. The number of esters is 2. The third kappa shape index (κ3) is 3.59. The van der Waals surface area contributed by atoms with Gasteiger partial charge in [-0.3, -0.25) is 14.4 Å². The number of hydrogen-bond acceptors (Lipinski definition) is 7. The molecule has 0 amide bonds. The van der Waals surface area contributed by atoms with Gasteiger partial charge in [-0.1, -0.05) is 30.3 Å². The normalized spacial score (nSPS) is 35.0. The molecule has 4 saturated carbocycles. The molecule has 4 atom stereocenters. The monoisotopic (exact) mass is 470 g/mol. The van der Waals surface area contributed by atoms with Gasteiger partial charge in [0, 0.05) is 5.54 Å². The third-order valence-corrected chi connectivity index (χ3v) is 8.31. The van der Waals surface area contributed by atoms with Crippen molar-refractivity contribution in [2.24, 2.45) is 28.4 Å². The van der Waals surface area contributed by atoms with Crippen molar-refractivity contribution < 1.29 is 23.9 Å². The summed E-state index contributed by atoms with van der Waals surface area (Å²) in [6.45, 7) is 5.31. The Labute approximate surface area is 202 Å². The number of hydrogen-bond donors (Lipinski definition) is 2. The maximum Gasteiger partial charge on any atom is 0.323 e. The molecule has 186 valence electrons. The number of ether oxygens (including phenoxy) is 2. The Morgan fingerprint density at radius 3 is 2.15 bits per heavy atom. The molecular weight excluding hydrogens is 432 g/mol. The van der Waals surface area contributed by atoms with Crippen LogP contribution >= 0.6 is 0 Å². The van der Waals surface area contributed by atoms with E-state index in [1.807, 2.05) is 30.3 Å². The molecule has 4 aliphatic rings. The summed E-state index contributed by atoms with van der Waals surface area (Å²) in [6, 6.07) is 8.93. The topological polar surface area (TPSA) is 108 Å². The number of Topliss-reactive ketones (excluding diaryl/α,β-unsaturated/α-hetero) is 1. The molecule has 0 radical (unpaired) electrons. The Hall–Kier alpha value is -2.25. The van der Waals surface area contributed by atoms with Crippen LogP contribution in [0.25, 0.3) is 0 Å². The van der Waals surface area contributed by atoms with Gasteiger partial charge in [0.25, 0.3) is 0 Å². The minimum atomic E-state index is -1.82. The van der Waals surface area contributed by atoms with E-state index < -0.39 is 40.0 Å². The third-order valence-electron chi connectivity index (χ3n) is 8.31. The van der Waals surface area contributed by atoms with Crippen LogP contribution in [0.2, 0.25) is 0 Å². The molecule has 0 spiro atoms. The molecule has 3 unspecified atom stereocenters. The van der Waals surface area contributed by atoms with Crippen LogP contribution < -0.4 is 11.1 Å². The molecule has 0 aromatic heterocycles. The van der Waals surface area contributed by atoms with Crippen LogP contribution in [0, 0.1) is 22.7 Å². The van der Waals surface area contributed by atoms with Crippen molar-refractivity contribution in [2.45, 2.75) is 76.5 Å². The Bertz CT molecular complexity index is 955. The van der Waals surface area contributed by atoms with Crippen molar-refractivity contribution in [3.8, 4) is 0 Å². The zero-order valence-electron chi connectivity index (χ0n) is 21.0. The van der Waals surface area contributed by atoms with Gasteiger partial charge in [0.1, 0.15) is 5.60 Å². The zero-order valence-corrected chi connectivity index (χ0v) is 21.0. The molecule has 4 fully saturated rings. The summed E-state index contributed by atoms with van der Waals surface area (Å²) in [6.07, 6.45) is 3.23. The molecule has 4 bridgehead atoms. The first kappa shape index (κ1) is 24.9. The van der Waals surface area contributed by atoms with Gasteiger partial charge in [0.2, 0.25) is 0 Å². The Morgan fingerprint density at radius 1 is 1.06 bits per heavy atom. The van der Waals surface area contributed by atoms with Crippen molar-refractivity contribution in [2.75, 3.05) is 14.2 Å². The van der Waals surface area contributed by atoms with Gasteiger partial charge in [-0.05, 0) is 83.7 Å². The summed E-state index contributed by atoms with van der Waals surface area (Å²) in [5.41, 5.74) is 2.92. The number of carbonyl (C=O) groups is 3. The molecule has 7 heteroatoms. The maximum absolute atomic E-state index is 14.7. The van der Waals surface area contributed by atoms with E-state index >= 15 is 0 Å². The lowest BCUT2D eigenvalue weighted by atomic mass is 9.34. The number of rotatable bonds is 7. The predicted octanol–water partition coefficient (Wildman–Crippen LogP) is 2.79. The van der Waals surface area contributed by atoms with Crippen LogP contribution in [-0.4, -0.2) is 49.1 Å². The van der Waals surface area contributed by atoms with E-state index in [-0.39, 0.29) is 17.6 Å². The number of nitrogens with one attached hydrogen (secondary N) is 1. The van der Waals surface area contributed by atoms with Gasteiger partial charge in [-0.25, -0.2) is 0 Å². The van der Waals surface area contributed by atoms with Crippen LogP contribution in [0.1, 0.15) is 58.4 Å². The van der Waals surface area contributed by atoms with E-state index in [1.165, 1.54) is 7.11 Å². The summed E-state index contributed by atoms with van der Waals surface area (Å²) in [4.78, 5) is 42.6. The average Bonchev–Trinajstić information content (AvgIpc) is 2.75. The summed E-state index contributed by atoms with van der Waals surface area (Å²) < 4.78 is 11.3. The molecule has 34 heavy (non-hydrogen) atoms. The van der Waals surface area contributed by atoms with Gasteiger partial charge in [0.15, 0.2) is 11.2 Å².